The van der Waals surface area contributed by atoms with E-state index in [9.17, 15) is 0 Å². The molecule has 2 aromatic carbocycles. The third-order valence-corrected chi connectivity index (χ3v) is 3.59. The van der Waals surface area contributed by atoms with Gasteiger partial charge in [0.2, 0.25) is 0 Å². The average molecular weight is 292 g/mol. The second-order valence-corrected chi connectivity index (χ2v) is 5.07. The first-order valence-corrected chi connectivity index (χ1v) is 8.05. The first kappa shape index (κ1) is 16.2. The van der Waals surface area contributed by atoms with Crippen LogP contribution in [0.5, 0.6) is 0 Å². The van der Waals surface area contributed by atoms with Crippen molar-refractivity contribution in [2.45, 2.75) is 39.7 Å². The molecule has 114 valence electrons. The minimum absolute atomic E-state index is 0.223. The van der Waals surface area contributed by atoms with Crippen molar-refractivity contribution in [2.75, 3.05) is 0 Å². The van der Waals surface area contributed by atoms with Gasteiger partial charge >= 0.3 is 0 Å². The molecule has 1 heterocycles. The molecule has 2 heteroatoms. The van der Waals surface area contributed by atoms with Crippen LogP contribution in [-0.2, 0) is 0 Å². The van der Waals surface area contributed by atoms with Gasteiger partial charge in [0.15, 0.2) is 0 Å². The van der Waals surface area contributed by atoms with E-state index in [4.69, 9.17) is 4.99 Å². The molecular weight excluding hydrogens is 268 g/mol. The third-order valence-electron chi connectivity index (χ3n) is 3.59. The zero-order valence-corrected chi connectivity index (χ0v) is 13.7. The maximum atomic E-state index is 4.75. The summed E-state index contributed by atoms with van der Waals surface area (Å²) < 4.78 is 0. The van der Waals surface area contributed by atoms with E-state index in [-0.39, 0.29) is 6.04 Å². The minimum Gasteiger partial charge on any atom is -0.263 e. The summed E-state index contributed by atoms with van der Waals surface area (Å²) in [6, 6.07) is 21.1. The summed E-state index contributed by atoms with van der Waals surface area (Å²) in [5.74, 6) is 0.871. The molecule has 1 unspecified atom stereocenters. The Morgan fingerprint density at radius 3 is 2.09 bits per heavy atom. The van der Waals surface area contributed by atoms with Crippen LogP contribution in [0, 0.1) is 0 Å². The van der Waals surface area contributed by atoms with Crippen LogP contribution in [0.4, 0.5) is 0 Å². The van der Waals surface area contributed by atoms with Gasteiger partial charge in [0.05, 0.1) is 6.04 Å². The number of aliphatic imine (C=N–C) groups is 2. The van der Waals surface area contributed by atoms with Gasteiger partial charge in [-0.3, -0.25) is 4.99 Å². The fraction of sp³-hybridized carbons (Fsp3) is 0.300. The standard InChI is InChI=1S/C18H18N2.C2H6/c1-14-19-17(15-8-4-2-5-9-15)12-13-18(20-14)16-10-6-3-7-11-16;1-2/h2-11,17H,12-13H2,1H3;1-2H3. The van der Waals surface area contributed by atoms with Crippen LogP contribution < -0.4 is 0 Å². The molecule has 1 atom stereocenters. The highest BCUT2D eigenvalue weighted by atomic mass is 14.9. The monoisotopic (exact) mass is 292 g/mol. The SMILES string of the molecule is CC.CC1=NC(c2ccccc2)CCC(c2ccccc2)=N1. The lowest BCUT2D eigenvalue weighted by atomic mass is 9.98. The van der Waals surface area contributed by atoms with E-state index in [1.54, 1.807) is 0 Å². The van der Waals surface area contributed by atoms with Crippen LogP contribution in [0.25, 0.3) is 0 Å². The summed E-state index contributed by atoms with van der Waals surface area (Å²) in [5, 5.41) is 0. The van der Waals surface area contributed by atoms with Crippen molar-refractivity contribution < 1.29 is 0 Å². The Morgan fingerprint density at radius 1 is 0.864 bits per heavy atom. The van der Waals surface area contributed by atoms with Gasteiger partial charge < -0.3 is 0 Å². The van der Waals surface area contributed by atoms with Crippen molar-refractivity contribution in [3.05, 3.63) is 71.8 Å². The number of amidine groups is 1. The Hall–Kier alpha value is -2.22. The maximum absolute atomic E-state index is 4.75. The van der Waals surface area contributed by atoms with E-state index in [0.29, 0.717) is 0 Å². The van der Waals surface area contributed by atoms with Crippen LogP contribution >= 0.6 is 0 Å². The zero-order valence-electron chi connectivity index (χ0n) is 13.7. The Morgan fingerprint density at radius 2 is 1.45 bits per heavy atom. The minimum atomic E-state index is 0.223. The molecule has 1 aliphatic rings. The van der Waals surface area contributed by atoms with Crippen LogP contribution in [-0.4, -0.2) is 11.5 Å². The number of nitrogens with zero attached hydrogens (tertiary/aromatic N) is 2. The number of benzene rings is 2. The fourth-order valence-electron chi connectivity index (χ4n) is 2.60. The van der Waals surface area contributed by atoms with Gasteiger partial charge in [0.1, 0.15) is 5.84 Å². The largest absolute Gasteiger partial charge is 0.263 e. The van der Waals surface area contributed by atoms with E-state index in [1.165, 1.54) is 11.1 Å². The lowest BCUT2D eigenvalue weighted by Gasteiger charge is -2.11. The number of hydrogen-bond acceptors (Lipinski definition) is 2. The molecule has 0 fully saturated rings. The Balaban J connectivity index is 0.000000847. The molecule has 0 aromatic heterocycles. The summed E-state index contributed by atoms with van der Waals surface area (Å²) in [7, 11) is 0. The second kappa shape index (κ2) is 8.28. The zero-order chi connectivity index (χ0) is 15.8. The summed E-state index contributed by atoms with van der Waals surface area (Å²) in [5.41, 5.74) is 3.62. The highest BCUT2D eigenvalue weighted by Crippen LogP contribution is 2.26. The predicted molar refractivity (Wildman–Crippen MR) is 95.9 cm³/mol. The van der Waals surface area contributed by atoms with E-state index < -0.39 is 0 Å². The Labute approximate surface area is 133 Å². The van der Waals surface area contributed by atoms with Gasteiger partial charge in [-0.15, -0.1) is 0 Å². The van der Waals surface area contributed by atoms with Crippen LogP contribution in [0.1, 0.15) is 50.8 Å². The van der Waals surface area contributed by atoms with Crippen molar-refractivity contribution in [1.29, 1.82) is 0 Å². The van der Waals surface area contributed by atoms with Crippen molar-refractivity contribution in [3.63, 3.8) is 0 Å². The second-order valence-electron chi connectivity index (χ2n) is 5.07. The van der Waals surface area contributed by atoms with Gasteiger partial charge in [-0.1, -0.05) is 74.5 Å². The van der Waals surface area contributed by atoms with E-state index in [2.05, 4.69) is 53.5 Å². The highest BCUT2D eigenvalue weighted by Gasteiger charge is 2.16. The molecule has 2 nitrogen and oxygen atoms in total. The molecular formula is C20H24N2. The maximum Gasteiger partial charge on any atom is 0.121 e. The summed E-state index contributed by atoms with van der Waals surface area (Å²) >= 11 is 0. The van der Waals surface area contributed by atoms with E-state index in [1.807, 2.05) is 32.9 Å². The first-order chi connectivity index (χ1) is 10.8. The molecule has 0 amide bonds. The Kier molecular flexibility index (Phi) is 6.08. The molecule has 0 saturated carbocycles. The predicted octanol–water partition coefficient (Wildman–Crippen LogP) is 5.46. The van der Waals surface area contributed by atoms with Crippen molar-refractivity contribution in [2.24, 2.45) is 9.98 Å². The van der Waals surface area contributed by atoms with Crippen molar-refractivity contribution in [3.8, 4) is 0 Å². The molecule has 0 spiro atoms. The summed E-state index contributed by atoms with van der Waals surface area (Å²) in [6.07, 6.45) is 1.97. The number of rotatable bonds is 2. The van der Waals surface area contributed by atoms with E-state index in [0.717, 1.165) is 24.4 Å². The van der Waals surface area contributed by atoms with E-state index >= 15 is 0 Å². The molecule has 3 rings (SSSR count). The molecule has 0 bridgehead atoms. The quantitative estimate of drug-likeness (QED) is 0.702. The van der Waals surface area contributed by atoms with Gasteiger partial charge in [-0.05, 0) is 30.9 Å². The van der Waals surface area contributed by atoms with Gasteiger partial charge in [-0.25, -0.2) is 4.99 Å². The molecule has 0 N–H and O–H groups in total. The molecule has 0 aliphatic carbocycles. The van der Waals surface area contributed by atoms with Crippen molar-refractivity contribution in [1.82, 2.24) is 0 Å². The van der Waals surface area contributed by atoms with Crippen LogP contribution in [0.3, 0.4) is 0 Å². The molecule has 1 aliphatic heterocycles. The average Bonchev–Trinajstić information content (AvgIpc) is 2.80. The van der Waals surface area contributed by atoms with Gasteiger partial charge in [0, 0.05) is 5.71 Å². The first-order valence-electron chi connectivity index (χ1n) is 8.05. The number of hydrogen-bond donors (Lipinski definition) is 0. The van der Waals surface area contributed by atoms with Crippen molar-refractivity contribution >= 4 is 11.5 Å². The molecule has 0 radical (unpaired) electrons. The topological polar surface area (TPSA) is 24.7 Å². The third kappa shape index (κ3) is 4.14. The smallest absolute Gasteiger partial charge is 0.121 e. The van der Waals surface area contributed by atoms with Crippen LogP contribution in [0.15, 0.2) is 70.6 Å². The lowest BCUT2D eigenvalue weighted by molar-refractivity contribution is 0.680. The van der Waals surface area contributed by atoms with Crippen LogP contribution in [0.2, 0.25) is 0 Å². The highest BCUT2D eigenvalue weighted by molar-refractivity contribution is 6.07. The Bertz CT molecular complexity index is 627. The molecule has 22 heavy (non-hydrogen) atoms. The molecule has 0 saturated heterocycles. The normalized spacial score (nSPS) is 17.5. The van der Waals surface area contributed by atoms with Gasteiger partial charge in [-0.2, -0.15) is 0 Å². The fourth-order valence-corrected chi connectivity index (χ4v) is 2.60. The van der Waals surface area contributed by atoms with Gasteiger partial charge in [0.25, 0.3) is 0 Å². The lowest BCUT2D eigenvalue weighted by Crippen LogP contribution is -2.02. The summed E-state index contributed by atoms with van der Waals surface area (Å²) in [4.78, 5) is 9.44. The summed E-state index contributed by atoms with van der Waals surface area (Å²) in [6.45, 7) is 5.99. The molecule has 2 aromatic rings.